The van der Waals surface area contributed by atoms with Crippen LogP contribution in [0, 0.1) is 31.9 Å². The molecule has 0 spiro atoms. The molecule has 5 heterocycles. The van der Waals surface area contributed by atoms with E-state index in [0.717, 1.165) is 39.1 Å². The van der Waals surface area contributed by atoms with E-state index in [1.807, 2.05) is 42.6 Å². The molecule has 0 saturated heterocycles. The predicted octanol–water partition coefficient (Wildman–Crippen LogP) is 8.69. The third kappa shape index (κ3) is 4.77. The van der Waals surface area contributed by atoms with Gasteiger partial charge in [-0.2, -0.15) is 6.07 Å². The molecule has 0 radical (unpaired) electrons. The van der Waals surface area contributed by atoms with Gasteiger partial charge in [0.05, 0.1) is 18.3 Å². The number of hydrogen-bond donors (Lipinski definition) is 0. The Hall–Kier alpha value is -4.28. The molecule has 2 aliphatic heterocycles. The Kier molecular flexibility index (Phi) is 7.40. The molecule has 0 amide bonds. The summed E-state index contributed by atoms with van der Waals surface area (Å²) in [6, 6.07) is 28.1. The third-order valence-corrected chi connectivity index (χ3v) is 9.23. The summed E-state index contributed by atoms with van der Waals surface area (Å²) in [7, 11) is 0. The SMILES string of the molecule is Cc1cc2c3c(c1)c1cc(C)c(Oc4[c-]c(C5=N[C@H](C(C)C)CO5)cc(-c5ccccn5)c4)[c-]c1n3-c1ncccc1C2(C)C.[Pt+2]. The molecule has 8 rings (SSSR count). The van der Waals surface area contributed by atoms with Gasteiger partial charge in [-0.15, -0.1) is 23.1 Å². The van der Waals surface area contributed by atoms with E-state index in [2.05, 4.69) is 87.5 Å². The smallest absolute Gasteiger partial charge is 0.518 e. The molecule has 0 bridgehead atoms. The van der Waals surface area contributed by atoms with Crippen molar-refractivity contribution in [2.24, 2.45) is 10.9 Å². The van der Waals surface area contributed by atoms with Gasteiger partial charge < -0.3 is 14.0 Å². The van der Waals surface area contributed by atoms with Gasteiger partial charge in [0.15, 0.2) is 0 Å². The van der Waals surface area contributed by atoms with Gasteiger partial charge in [-0.3, -0.25) is 9.98 Å². The zero-order valence-corrected chi connectivity index (χ0v) is 29.0. The van der Waals surface area contributed by atoms with Crippen molar-refractivity contribution in [1.29, 1.82) is 0 Å². The zero-order valence-electron chi connectivity index (χ0n) is 26.7. The summed E-state index contributed by atoms with van der Waals surface area (Å²) in [4.78, 5) is 14.4. The molecule has 0 saturated carbocycles. The fourth-order valence-electron chi connectivity index (χ4n) is 6.73. The summed E-state index contributed by atoms with van der Waals surface area (Å²) in [6.45, 7) is 13.7. The first kappa shape index (κ1) is 30.4. The van der Waals surface area contributed by atoms with Crippen LogP contribution in [0.1, 0.15) is 55.5 Å². The van der Waals surface area contributed by atoms with Crippen LogP contribution in [0.2, 0.25) is 0 Å². The number of ether oxygens (including phenoxy) is 2. The minimum atomic E-state index is -0.191. The molecule has 7 heteroatoms. The maximum atomic E-state index is 6.67. The number of nitrogens with zero attached hydrogens (tertiary/aromatic N) is 4. The average Bonchev–Trinajstić information content (AvgIpc) is 3.65. The molecule has 0 fully saturated rings. The summed E-state index contributed by atoms with van der Waals surface area (Å²) < 4.78 is 15.0. The van der Waals surface area contributed by atoms with Crippen LogP contribution in [-0.2, 0) is 31.2 Å². The Labute approximate surface area is 283 Å². The number of aromatic nitrogens is 3. The summed E-state index contributed by atoms with van der Waals surface area (Å²) in [5.74, 6) is 3.10. The second-order valence-corrected chi connectivity index (χ2v) is 13.1. The van der Waals surface area contributed by atoms with Crippen molar-refractivity contribution in [2.45, 2.75) is 53.0 Å². The molecule has 6 nitrogen and oxygen atoms in total. The molecule has 232 valence electrons. The normalized spacial score (nSPS) is 16.2. The summed E-state index contributed by atoms with van der Waals surface area (Å²) >= 11 is 0. The van der Waals surface area contributed by atoms with E-state index in [-0.39, 0.29) is 32.5 Å². The number of benzene rings is 3. The molecule has 3 aromatic carbocycles. The zero-order chi connectivity index (χ0) is 31.0. The van der Waals surface area contributed by atoms with Crippen molar-refractivity contribution in [3.63, 3.8) is 0 Å². The van der Waals surface area contributed by atoms with Crippen molar-refractivity contribution in [3.8, 4) is 28.6 Å². The first-order valence-electron chi connectivity index (χ1n) is 15.5. The number of hydrogen-bond acceptors (Lipinski definition) is 5. The molecule has 0 unspecified atom stereocenters. The van der Waals surface area contributed by atoms with Crippen molar-refractivity contribution < 1.29 is 30.5 Å². The molecular weight excluding hydrogens is 752 g/mol. The fourth-order valence-corrected chi connectivity index (χ4v) is 6.73. The minimum Gasteiger partial charge on any atom is -0.518 e. The number of rotatable bonds is 5. The minimum absolute atomic E-state index is 0. The van der Waals surface area contributed by atoms with Crippen LogP contribution < -0.4 is 4.74 Å². The summed E-state index contributed by atoms with van der Waals surface area (Å²) in [5, 5.41) is 2.34. The van der Waals surface area contributed by atoms with Gasteiger partial charge in [0.25, 0.3) is 0 Å². The largest absolute Gasteiger partial charge is 2.00 e. The van der Waals surface area contributed by atoms with Gasteiger partial charge in [-0.25, -0.2) is 4.98 Å². The van der Waals surface area contributed by atoms with Gasteiger partial charge in [-0.05, 0) is 42.0 Å². The average molecular weight is 786 g/mol. The Morgan fingerprint density at radius 3 is 2.52 bits per heavy atom. The molecule has 6 aromatic rings. The van der Waals surface area contributed by atoms with Gasteiger partial charge in [-0.1, -0.05) is 93.2 Å². The monoisotopic (exact) mass is 785 g/mol. The number of aliphatic imine (C=N–C) groups is 1. The molecule has 0 N–H and O–H groups in total. The van der Waals surface area contributed by atoms with E-state index in [0.29, 0.717) is 29.9 Å². The van der Waals surface area contributed by atoms with Gasteiger partial charge in [0.2, 0.25) is 0 Å². The van der Waals surface area contributed by atoms with E-state index in [1.54, 1.807) is 6.20 Å². The maximum Gasteiger partial charge on any atom is 2.00 e. The van der Waals surface area contributed by atoms with Gasteiger partial charge >= 0.3 is 21.1 Å². The topological polar surface area (TPSA) is 61.5 Å². The molecule has 0 aliphatic carbocycles. The van der Waals surface area contributed by atoms with E-state index in [4.69, 9.17) is 19.5 Å². The molecule has 3 aromatic heterocycles. The van der Waals surface area contributed by atoms with Crippen LogP contribution in [0.25, 0.3) is 38.9 Å². The first-order valence-corrected chi connectivity index (χ1v) is 15.5. The number of pyridine rings is 2. The van der Waals surface area contributed by atoms with Crippen LogP contribution in [0.3, 0.4) is 0 Å². The van der Waals surface area contributed by atoms with Crippen molar-refractivity contribution >= 4 is 27.7 Å². The van der Waals surface area contributed by atoms with Crippen molar-refractivity contribution in [3.05, 3.63) is 113 Å². The Morgan fingerprint density at radius 1 is 0.935 bits per heavy atom. The maximum absolute atomic E-state index is 6.67. The van der Waals surface area contributed by atoms with E-state index in [1.165, 1.54) is 27.6 Å². The second kappa shape index (κ2) is 11.2. The summed E-state index contributed by atoms with van der Waals surface area (Å²) in [6.07, 6.45) is 3.66. The second-order valence-electron chi connectivity index (χ2n) is 13.1. The van der Waals surface area contributed by atoms with Crippen LogP contribution in [0.15, 0.2) is 78.0 Å². The Bertz CT molecular complexity index is 2180. The standard InChI is InChI=1S/C39H34N4O2.Pt/c1-22(2)33-21-44-38(42-33)26-17-25(32-11-7-8-12-40-32)18-27(19-26)45-35-20-34-28(16-24(35)4)29-14-23(3)15-31-36(29)43(34)37-30(39(31,5)6)10-9-13-41-37;/h7-18,22,33H,21H2,1-6H3;/q-2;+2/t33-;/m0./s1. The van der Waals surface area contributed by atoms with Crippen LogP contribution in [-0.4, -0.2) is 33.1 Å². The number of fused-ring (bicyclic) bond motifs is 5. The van der Waals surface area contributed by atoms with E-state index < -0.39 is 0 Å². The van der Waals surface area contributed by atoms with Crippen LogP contribution >= 0.6 is 0 Å². The van der Waals surface area contributed by atoms with Crippen molar-refractivity contribution in [2.75, 3.05) is 6.61 Å². The van der Waals surface area contributed by atoms with Crippen LogP contribution in [0.5, 0.6) is 11.5 Å². The van der Waals surface area contributed by atoms with Gasteiger partial charge in [0, 0.05) is 40.4 Å². The molecule has 46 heavy (non-hydrogen) atoms. The molecule has 1 atom stereocenters. The fraction of sp³-hybridized carbons (Fsp3) is 0.256. The quantitative estimate of drug-likeness (QED) is 0.164. The Balaban J connectivity index is 0.00000338. The molecule has 2 aliphatic rings. The van der Waals surface area contributed by atoms with E-state index >= 15 is 0 Å². The van der Waals surface area contributed by atoms with Crippen molar-refractivity contribution in [1.82, 2.24) is 14.5 Å². The number of aryl methyl sites for hydroxylation is 2. The summed E-state index contributed by atoms with van der Waals surface area (Å²) in [5.41, 5.74) is 9.13. The van der Waals surface area contributed by atoms with Crippen LogP contribution in [0.4, 0.5) is 0 Å². The van der Waals surface area contributed by atoms with Gasteiger partial charge in [0.1, 0.15) is 11.7 Å². The first-order chi connectivity index (χ1) is 21.7. The predicted molar refractivity (Wildman–Crippen MR) is 179 cm³/mol. The Morgan fingerprint density at radius 2 is 1.76 bits per heavy atom. The molecular formula is C39H34N4O2Pt. The third-order valence-electron chi connectivity index (χ3n) is 9.23. The van der Waals surface area contributed by atoms with E-state index in [9.17, 15) is 0 Å².